The van der Waals surface area contributed by atoms with E-state index in [9.17, 15) is 22.8 Å². The molecule has 0 radical (unpaired) electrons. The van der Waals surface area contributed by atoms with Gasteiger partial charge in [0.25, 0.3) is 0 Å². The maximum absolute atomic E-state index is 12.5. The van der Waals surface area contributed by atoms with Crippen molar-refractivity contribution in [3.8, 4) is 0 Å². The number of rotatable bonds is 0. The number of hydrogen-bond donors (Lipinski definition) is 1. The Bertz CT molecular complexity index is 385. The molecule has 0 aromatic rings. The van der Waals surface area contributed by atoms with E-state index in [0.717, 1.165) is 9.80 Å². The van der Waals surface area contributed by atoms with E-state index in [0.29, 0.717) is 12.8 Å². The van der Waals surface area contributed by atoms with Crippen molar-refractivity contribution in [2.45, 2.75) is 44.1 Å². The van der Waals surface area contributed by atoms with Crippen molar-refractivity contribution in [1.82, 2.24) is 9.80 Å². The van der Waals surface area contributed by atoms with Crippen molar-refractivity contribution in [2.24, 2.45) is 0 Å². The third-order valence-electron chi connectivity index (χ3n) is 3.72. The number of carbonyl (C=O) groups excluding carboxylic acids is 1. The van der Waals surface area contributed by atoms with Gasteiger partial charge in [-0.2, -0.15) is 13.2 Å². The number of likely N-dealkylation sites (tertiary alicyclic amines) is 1. The van der Waals surface area contributed by atoms with Crippen LogP contribution >= 0.6 is 0 Å². The molecule has 1 unspecified atom stereocenters. The molecule has 2 aliphatic heterocycles. The molecule has 0 spiro atoms. The van der Waals surface area contributed by atoms with Gasteiger partial charge < -0.3 is 14.9 Å². The zero-order chi connectivity index (χ0) is 13.7. The van der Waals surface area contributed by atoms with Gasteiger partial charge in [0.05, 0.1) is 18.1 Å². The second-order valence-electron chi connectivity index (χ2n) is 4.68. The molecule has 0 aromatic carbocycles. The maximum atomic E-state index is 12.5. The topological polar surface area (TPSA) is 60.9 Å². The van der Waals surface area contributed by atoms with Crippen LogP contribution in [0.4, 0.5) is 18.0 Å². The Morgan fingerprint density at radius 1 is 1.28 bits per heavy atom. The highest BCUT2D eigenvalue weighted by atomic mass is 19.4. The van der Waals surface area contributed by atoms with Crippen LogP contribution in [-0.4, -0.2) is 57.8 Å². The van der Waals surface area contributed by atoms with Crippen LogP contribution < -0.4 is 0 Å². The summed E-state index contributed by atoms with van der Waals surface area (Å²) in [5.74, 6) is -1.85. The summed E-state index contributed by atoms with van der Waals surface area (Å²) in [6, 6.07) is -1.93. The molecule has 2 fully saturated rings. The Hall–Kier alpha value is -1.47. The summed E-state index contributed by atoms with van der Waals surface area (Å²) in [4.78, 5) is 24.2. The van der Waals surface area contributed by atoms with Gasteiger partial charge in [0.15, 0.2) is 0 Å². The number of piperazine rings is 1. The molecular formula is C10H13F3N2O3. The summed E-state index contributed by atoms with van der Waals surface area (Å²) >= 11 is 0. The fourth-order valence-corrected chi connectivity index (χ4v) is 2.88. The molecule has 2 amide bonds. The summed E-state index contributed by atoms with van der Waals surface area (Å²) in [6.07, 6.45) is -5.22. The van der Waals surface area contributed by atoms with Gasteiger partial charge >= 0.3 is 18.2 Å². The third-order valence-corrected chi connectivity index (χ3v) is 3.72. The number of halogens is 3. The molecule has 2 heterocycles. The molecule has 0 aromatic heterocycles. The van der Waals surface area contributed by atoms with Crippen LogP contribution in [0.15, 0.2) is 0 Å². The lowest BCUT2D eigenvalue weighted by Gasteiger charge is -2.44. The van der Waals surface area contributed by atoms with Crippen LogP contribution in [0.25, 0.3) is 0 Å². The standard InChI is InChI=1S/C10H13F3N2O3/c1-5-7-3-2-6(4-14(5)9(17)18)15(7)8(16)10(11,12)13/h5-7H,2-4H2,1H3,(H,17,18)/t5?,6-,7+/m1/s1. The summed E-state index contributed by atoms with van der Waals surface area (Å²) in [5, 5.41) is 8.96. The third kappa shape index (κ3) is 1.89. The zero-order valence-corrected chi connectivity index (χ0v) is 9.65. The Balaban J connectivity index is 2.23. The molecule has 2 aliphatic rings. The van der Waals surface area contributed by atoms with E-state index in [-0.39, 0.29) is 6.54 Å². The first-order valence-corrected chi connectivity index (χ1v) is 5.62. The van der Waals surface area contributed by atoms with Crippen LogP contribution in [0.2, 0.25) is 0 Å². The molecule has 0 saturated carbocycles. The molecule has 5 nitrogen and oxygen atoms in total. The number of alkyl halides is 3. The summed E-state index contributed by atoms with van der Waals surface area (Å²) in [5.41, 5.74) is 0. The zero-order valence-electron chi connectivity index (χ0n) is 9.65. The largest absolute Gasteiger partial charge is 0.471 e. The highest BCUT2D eigenvalue weighted by Crippen LogP contribution is 2.37. The maximum Gasteiger partial charge on any atom is 0.471 e. The van der Waals surface area contributed by atoms with Crippen molar-refractivity contribution in [1.29, 1.82) is 0 Å². The monoisotopic (exact) mass is 266 g/mol. The highest BCUT2D eigenvalue weighted by Gasteiger charge is 2.54. The Kier molecular flexibility index (Phi) is 2.90. The van der Waals surface area contributed by atoms with Crippen molar-refractivity contribution >= 4 is 12.0 Å². The average molecular weight is 266 g/mol. The van der Waals surface area contributed by atoms with E-state index < -0.39 is 36.3 Å². The predicted molar refractivity (Wildman–Crippen MR) is 53.9 cm³/mol. The van der Waals surface area contributed by atoms with Gasteiger partial charge in [-0.3, -0.25) is 4.79 Å². The number of amides is 2. The molecule has 3 atom stereocenters. The predicted octanol–water partition coefficient (Wildman–Crippen LogP) is 1.29. The van der Waals surface area contributed by atoms with E-state index in [2.05, 4.69) is 0 Å². The number of carboxylic acid groups (broad SMARTS) is 1. The number of hydrogen-bond acceptors (Lipinski definition) is 2. The quantitative estimate of drug-likeness (QED) is 0.718. The molecule has 8 heteroatoms. The van der Waals surface area contributed by atoms with E-state index in [1.165, 1.54) is 6.92 Å². The fraction of sp³-hybridized carbons (Fsp3) is 0.800. The molecule has 0 aliphatic carbocycles. The van der Waals surface area contributed by atoms with Gasteiger partial charge in [-0.05, 0) is 19.8 Å². The van der Waals surface area contributed by atoms with Crippen LogP contribution in [0.1, 0.15) is 19.8 Å². The lowest BCUT2D eigenvalue weighted by Crippen LogP contribution is -2.63. The van der Waals surface area contributed by atoms with Gasteiger partial charge in [0.2, 0.25) is 0 Å². The smallest absolute Gasteiger partial charge is 0.465 e. The molecule has 18 heavy (non-hydrogen) atoms. The Morgan fingerprint density at radius 2 is 1.89 bits per heavy atom. The van der Waals surface area contributed by atoms with E-state index in [1.54, 1.807) is 0 Å². The van der Waals surface area contributed by atoms with Gasteiger partial charge in [-0.25, -0.2) is 4.79 Å². The van der Waals surface area contributed by atoms with E-state index >= 15 is 0 Å². The molecule has 2 rings (SSSR count). The Morgan fingerprint density at radius 3 is 2.39 bits per heavy atom. The second kappa shape index (κ2) is 4.03. The van der Waals surface area contributed by atoms with Gasteiger partial charge in [0.1, 0.15) is 0 Å². The lowest BCUT2D eigenvalue weighted by atomic mass is 10.1. The van der Waals surface area contributed by atoms with Crippen molar-refractivity contribution in [3.63, 3.8) is 0 Å². The van der Waals surface area contributed by atoms with Gasteiger partial charge in [0, 0.05) is 6.54 Å². The molecule has 102 valence electrons. The number of carbonyl (C=O) groups is 2. The minimum atomic E-state index is -4.90. The van der Waals surface area contributed by atoms with Crippen LogP contribution in [0, 0.1) is 0 Å². The fourth-order valence-electron chi connectivity index (χ4n) is 2.88. The Labute approximate surface area is 101 Å². The van der Waals surface area contributed by atoms with E-state index in [1.807, 2.05) is 0 Å². The normalized spacial score (nSPS) is 31.7. The van der Waals surface area contributed by atoms with Gasteiger partial charge in [-0.1, -0.05) is 0 Å². The first-order chi connectivity index (χ1) is 8.23. The lowest BCUT2D eigenvalue weighted by molar-refractivity contribution is -0.191. The molecular weight excluding hydrogens is 253 g/mol. The van der Waals surface area contributed by atoms with Crippen LogP contribution in [0.3, 0.4) is 0 Å². The SMILES string of the molecule is CC1[C@@H]2CC[C@H](CN1C(=O)O)N2C(=O)C(F)(F)F. The molecule has 2 saturated heterocycles. The summed E-state index contributed by atoms with van der Waals surface area (Å²) < 4.78 is 37.4. The second-order valence-corrected chi connectivity index (χ2v) is 4.68. The first kappa shape index (κ1) is 13.0. The molecule has 1 N–H and O–H groups in total. The first-order valence-electron chi connectivity index (χ1n) is 5.62. The summed E-state index contributed by atoms with van der Waals surface area (Å²) in [7, 11) is 0. The highest BCUT2D eigenvalue weighted by molar-refractivity contribution is 5.83. The van der Waals surface area contributed by atoms with Crippen molar-refractivity contribution < 1.29 is 27.9 Å². The minimum absolute atomic E-state index is 0.0468. The summed E-state index contributed by atoms with van der Waals surface area (Å²) in [6.45, 7) is 1.49. The van der Waals surface area contributed by atoms with E-state index in [4.69, 9.17) is 5.11 Å². The van der Waals surface area contributed by atoms with Crippen molar-refractivity contribution in [3.05, 3.63) is 0 Å². The van der Waals surface area contributed by atoms with Gasteiger partial charge in [-0.15, -0.1) is 0 Å². The number of nitrogens with zero attached hydrogens (tertiary/aromatic N) is 2. The average Bonchev–Trinajstić information content (AvgIpc) is 2.57. The molecule has 2 bridgehead atoms. The van der Waals surface area contributed by atoms with Crippen LogP contribution in [-0.2, 0) is 4.79 Å². The van der Waals surface area contributed by atoms with Crippen molar-refractivity contribution in [2.75, 3.05) is 6.54 Å². The minimum Gasteiger partial charge on any atom is -0.465 e. The van der Waals surface area contributed by atoms with Crippen LogP contribution in [0.5, 0.6) is 0 Å². The number of fused-ring (bicyclic) bond motifs is 2.